The number of anilines is 2. The van der Waals surface area contributed by atoms with Crippen LogP contribution >= 0.6 is 0 Å². The molecule has 8 heteroatoms. The average molecular weight is 245 g/mol. The van der Waals surface area contributed by atoms with Crippen LogP contribution < -0.4 is 10.7 Å². The Kier molecular flexibility index (Phi) is 2.41. The number of hydrogen-bond acceptors (Lipinski definition) is 6. The zero-order valence-electron chi connectivity index (χ0n) is 9.39. The predicted octanol–water partition coefficient (Wildman–Crippen LogP) is -0.578. The van der Waals surface area contributed by atoms with Gasteiger partial charge in [0.15, 0.2) is 0 Å². The standard InChI is InChI=1S/C10H11N7O/c11-8-6-16(9(8)18)17(10-12-14-15-13-10)7-4-2-1-3-5-7/h1-5,8H,6,11H2,(H,12,13,14,15)/t8-/m0/s1. The van der Waals surface area contributed by atoms with Crippen LogP contribution in [-0.4, -0.2) is 44.1 Å². The number of nitrogens with one attached hydrogen (secondary N) is 1. The van der Waals surface area contributed by atoms with Crippen LogP contribution in [0.25, 0.3) is 0 Å². The first-order chi connectivity index (χ1) is 8.77. The fraction of sp³-hybridized carbons (Fsp3) is 0.200. The Morgan fingerprint density at radius 2 is 2.17 bits per heavy atom. The first-order valence-corrected chi connectivity index (χ1v) is 5.43. The molecule has 0 unspecified atom stereocenters. The summed E-state index contributed by atoms with van der Waals surface area (Å²) in [5.41, 5.74) is 6.38. The van der Waals surface area contributed by atoms with Gasteiger partial charge in [0.2, 0.25) is 0 Å². The van der Waals surface area contributed by atoms with Crippen LogP contribution in [0.15, 0.2) is 30.3 Å². The lowest BCUT2D eigenvalue weighted by atomic mass is 10.1. The fourth-order valence-electron chi connectivity index (χ4n) is 1.79. The van der Waals surface area contributed by atoms with E-state index in [-0.39, 0.29) is 5.91 Å². The number of nitrogens with zero attached hydrogens (tertiary/aromatic N) is 5. The van der Waals surface area contributed by atoms with E-state index in [2.05, 4.69) is 20.6 Å². The average Bonchev–Trinajstić information content (AvgIpc) is 2.93. The number of hydrazine groups is 1. The number of aromatic amines is 1. The van der Waals surface area contributed by atoms with Gasteiger partial charge < -0.3 is 5.73 Å². The van der Waals surface area contributed by atoms with Crippen LogP contribution in [0.5, 0.6) is 0 Å². The number of β-lactam (4-membered cyclic amide) rings is 1. The van der Waals surface area contributed by atoms with Crippen LogP contribution in [0.4, 0.5) is 11.6 Å². The van der Waals surface area contributed by atoms with Crippen LogP contribution in [0.3, 0.4) is 0 Å². The highest BCUT2D eigenvalue weighted by Gasteiger charge is 2.39. The molecule has 0 saturated carbocycles. The summed E-state index contributed by atoms with van der Waals surface area (Å²) in [6, 6.07) is 8.88. The smallest absolute Gasteiger partial charge is 0.289 e. The summed E-state index contributed by atoms with van der Waals surface area (Å²) in [5, 5.41) is 16.8. The Balaban J connectivity index is 1.98. The number of carbonyl (C=O) groups is 1. The molecule has 1 aliphatic heterocycles. The number of benzene rings is 1. The van der Waals surface area contributed by atoms with Crippen LogP contribution in [0, 0.1) is 0 Å². The monoisotopic (exact) mass is 245 g/mol. The summed E-state index contributed by atoms with van der Waals surface area (Å²) in [4.78, 5) is 11.7. The minimum absolute atomic E-state index is 0.163. The number of amides is 1. The summed E-state index contributed by atoms with van der Waals surface area (Å²) < 4.78 is 0. The molecule has 92 valence electrons. The quantitative estimate of drug-likeness (QED) is 0.701. The van der Waals surface area contributed by atoms with E-state index in [9.17, 15) is 4.79 Å². The van der Waals surface area contributed by atoms with E-state index < -0.39 is 6.04 Å². The highest BCUT2D eigenvalue weighted by Crippen LogP contribution is 2.26. The van der Waals surface area contributed by atoms with E-state index in [0.29, 0.717) is 12.5 Å². The largest absolute Gasteiger partial charge is 0.318 e. The van der Waals surface area contributed by atoms with E-state index in [1.165, 1.54) is 5.01 Å². The maximum absolute atomic E-state index is 11.7. The van der Waals surface area contributed by atoms with Gasteiger partial charge in [0.1, 0.15) is 6.04 Å². The molecule has 18 heavy (non-hydrogen) atoms. The van der Waals surface area contributed by atoms with Crippen molar-refractivity contribution in [1.29, 1.82) is 0 Å². The molecule has 1 fully saturated rings. The second-order valence-electron chi connectivity index (χ2n) is 3.89. The molecule has 2 heterocycles. The molecule has 0 spiro atoms. The Morgan fingerprint density at radius 1 is 1.39 bits per heavy atom. The molecule has 8 nitrogen and oxygen atoms in total. The molecular weight excluding hydrogens is 234 g/mol. The van der Waals surface area contributed by atoms with Gasteiger partial charge in [-0.25, -0.2) is 10.0 Å². The van der Waals surface area contributed by atoms with Crippen LogP contribution in [0.1, 0.15) is 0 Å². The Labute approximate surface area is 102 Å². The van der Waals surface area contributed by atoms with Crippen molar-refractivity contribution in [1.82, 2.24) is 25.6 Å². The molecule has 3 N–H and O–H groups in total. The number of nitrogens with two attached hydrogens (primary N) is 1. The summed E-state index contributed by atoms with van der Waals surface area (Å²) in [7, 11) is 0. The lowest BCUT2D eigenvalue weighted by Crippen LogP contribution is -2.66. The van der Waals surface area contributed by atoms with Gasteiger partial charge in [-0.05, 0) is 17.3 Å². The summed E-state index contributed by atoms with van der Waals surface area (Å²) in [5.74, 6) is 0.144. The lowest BCUT2D eigenvalue weighted by molar-refractivity contribution is -0.142. The highest BCUT2D eigenvalue weighted by atomic mass is 16.2. The molecule has 0 radical (unpaired) electrons. The van der Waals surface area contributed by atoms with Crippen molar-refractivity contribution in [3.8, 4) is 0 Å². The van der Waals surface area contributed by atoms with Crippen molar-refractivity contribution in [2.45, 2.75) is 6.04 Å². The molecular formula is C10H11N7O. The number of carbonyl (C=O) groups excluding carboxylic acids is 1. The SMILES string of the molecule is N[C@H]1CN(N(c2ccccc2)c2nn[nH]n2)C1=O. The summed E-state index contributed by atoms with van der Waals surface area (Å²) in [6.45, 7) is 0.433. The molecule has 2 aromatic rings. The topological polar surface area (TPSA) is 104 Å². The normalized spacial score (nSPS) is 18.6. The Bertz CT molecular complexity index is 541. The molecule has 1 aromatic heterocycles. The van der Waals surface area contributed by atoms with Crippen molar-refractivity contribution >= 4 is 17.5 Å². The molecule has 1 aliphatic rings. The van der Waals surface area contributed by atoms with Crippen molar-refractivity contribution in [3.63, 3.8) is 0 Å². The van der Waals surface area contributed by atoms with Gasteiger partial charge in [0.05, 0.1) is 12.2 Å². The third kappa shape index (κ3) is 1.59. The number of para-hydroxylation sites is 1. The van der Waals surface area contributed by atoms with Crippen molar-refractivity contribution in [2.24, 2.45) is 5.73 Å². The van der Waals surface area contributed by atoms with Crippen LogP contribution in [0.2, 0.25) is 0 Å². The van der Waals surface area contributed by atoms with Crippen molar-refractivity contribution in [3.05, 3.63) is 30.3 Å². The summed E-state index contributed by atoms with van der Waals surface area (Å²) >= 11 is 0. The van der Waals surface area contributed by atoms with Gasteiger partial charge in [-0.1, -0.05) is 23.3 Å². The Hall–Kier alpha value is -2.48. The number of tetrazole rings is 1. The van der Waals surface area contributed by atoms with Crippen LogP contribution in [-0.2, 0) is 4.79 Å². The van der Waals surface area contributed by atoms with Gasteiger partial charge in [0.25, 0.3) is 11.9 Å². The minimum Gasteiger partial charge on any atom is -0.318 e. The number of rotatable bonds is 3. The van der Waals surface area contributed by atoms with E-state index in [1.807, 2.05) is 30.3 Å². The Morgan fingerprint density at radius 3 is 2.72 bits per heavy atom. The van der Waals surface area contributed by atoms with E-state index in [1.54, 1.807) is 5.01 Å². The van der Waals surface area contributed by atoms with Gasteiger partial charge in [-0.15, -0.1) is 5.10 Å². The molecule has 1 atom stereocenters. The third-order valence-electron chi connectivity index (χ3n) is 2.71. The van der Waals surface area contributed by atoms with Gasteiger partial charge in [0, 0.05) is 0 Å². The molecule has 1 aromatic carbocycles. The number of H-pyrrole nitrogens is 1. The van der Waals surface area contributed by atoms with Gasteiger partial charge >= 0.3 is 0 Å². The van der Waals surface area contributed by atoms with Gasteiger partial charge in [-0.3, -0.25) is 4.79 Å². The first-order valence-electron chi connectivity index (χ1n) is 5.43. The van der Waals surface area contributed by atoms with Crippen molar-refractivity contribution in [2.75, 3.05) is 11.6 Å². The third-order valence-corrected chi connectivity index (χ3v) is 2.71. The molecule has 0 aliphatic carbocycles. The van der Waals surface area contributed by atoms with Crippen molar-refractivity contribution < 1.29 is 4.79 Å². The second kappa shape index (κ2) is 4.08. The molecule has 1 amide bonds. The number of hydrogen-bond donors (Lipinski definition) is 2. The van der Waals surface area contributed by atoms with E-state index in [4.69, 9.17) is 5.73 Å². The highest BCUT2D eigenvalue weighted by molar-refractivity contribution is 5.90. The van der Waals surface area contributed by atoms with E-state index in [0.717, 1.165) is 5.69 Å². The van der Waals surface area contributed by atoms with Gasteiger partial charge in [-0.2, -0.15) is 5.21 Å². The predicted molar refractivity (Wildman–Crippen MR) is 62.4 cm³/mol. The van der Waals surface area contributed by atoms with E-state index >= 15 is 0 Å². The fourth-order valence-corrected chi connectivity index (χ4v) is 1.79. The lowest BCUT2D eigenvalue weighted by Gasteiger charge is -2.42. The maximum atomic E-state index is 11.7. The summed E-state index contributed by atoms with van der Waals surface area (Å²) in [6.07, 6.45) is 0. The second-order valence-corrected chi connectivity index (χ2v) is 3.89. The molecule has 0 bridgehead atoms. The maximum Gasteiger partial charge on any atom is 0.289 e. The molecule has 1 saturated heterocycles. The number of aromatic nitrogens is 4. The molecule has 3 rings (SSSR count). The minimum atomic E-state index is -0.455. The first kappa shape index (κ1) is 10.7. The zero-order valence-corrected chi connectivity index (χ0v) is 9.39. The zero-order chi connectivity index (χ0) is 12.5.